The minimum atomic E-state index is -0.101. The third-order valence-corrected chi connectivity index (χ3v) is 3.43. The zero-order valence-corrected chi connectivity index (χ0v) is 14.9. The van der Waals surface area contributed by atoms with E-state index in [4.69, 9.17) is 10.5 Å². The first-order valence-electron chi connectivity index (χ1n) is 7.37. The van der Waals surface area contributed by atoms with Gasteiger partial charge in [0.25, 0.3) is 0 Å². The van der Waals surface area contributed by atoms with Crippen LogP contribution in [-0.2, 0) is 9.53 Å². The van der Waals surface area contributed by atoms with Gasteiger partial charge in [-0.15, -0.1) is 24.0 Å². The smallest absolute Gasteiger partial charge is 0.306 e. The van der Waals surface area contributed by atoms with Crippen LogP contribution in [0.15, 0.2) is 4.99 Å². The molecular formula is C14H28IN3O2. The number of nitrogens with two attached hydrogens (primary N) is 1. The Hall–Kier alpha value is -0.530. The Balaban J connectivity index is 0.00000361. The summed E-state index contributed by atoms with van der Waals surface area (Å²) in [4.78, 5) is 15.7. The average molecular weight is 397 g/mol. The summed E-state index contributed by atoms with van der Waals surface area (Å²) in [5, 5.41) is 3.09. The Kier molecular flexibility index (Phi) is 10.9. The number of carbonyl (C=O) groups is 1. The van der Waals surface area contributed by atoms with E-state index in [0.717, 1.165) is 19.3 Å². The predicted molar refractivity (Wildman–Crippen MR) is 92.4 cm³/mol. The van der Waals surface area contributed by atoms with Gasteiger partial charge in [0.2, 0.25) is 0 Å². The molecule has 1 unspecified atom stereocenters. The molecule has 0 aromatic heterocycles. The molecule has 0 aliphatic heterocycles. The molecule has 0 amide bonds. The van der Waals surface area contributed by atoms with Gasteiger partial charge in [0.15, 0.2) is 5.96 Å². The second kappa shape index (κ2) is 11.2. The molecule has 1 rings (SSSR count). The summed E-state index contributed by atoms with van der Waals surface area (Å²) in [6.07, 6.45) is 6.69. The SMILES string of the molecule is CCC(C)NC(N)=NCCCC(=O)OC1CCCC1.I. The van der Waals surface area contributed by atoms with Crippen molar-refractivity contribution < 1.29 is 9.53 Å². The maximum Gasteiger partial charge on any atom is 0.306 e. The van der Waals surface area contributed by atoms with E-state index in [1.165, 1.54) is 12.8 Å². The lowest BCUT2D eigenvalue weighted by Crippen LogP contribution is -2.38. The van der Waals surface area contributed by atoms with Crippen LogP contribution in [0.25, 0.3) is 0 Å². The third kappa shape index (κ3) is 8.60. The van der Waals surface area contributed by atoms with Crippen LogP contribution in [0.3, 0.4) is 0 Å². The second-order valence-corrected chi connectivity index (χ2v) is 5.22. The van der Waals surface area contributed by atoms with E-state index in [1.54, 1.807) is 0 Å². The zero-order chi connectivity index (χ0) is 14.1. The fourth-order valence-corrected chi connectivity index (χ4v) is 2.07. The van der Waals surface area contributed by atoms with Gasteiger partial charge in [-0.2, -0.15) is 0 Å². The van der Waals surface area contributed by atoms with E-state index >= 15 is 0 Å². The Morgan fingerprint density at radius 3 is 2.70 bits per heavy atom. The Morgan fingerprint density at radius 1 is 1.45 bits per heavy atom. The van der Waals surface area contributed by atoms with Gasteiger partial charge in [-0.3, -0.25) is 9.79 Å². The van der Waals surface area contributed by atoms with Crippen LogP contribution in [0, 0.1) is 0 Å². The standard InChI is InChI=1S/C14H27N3O2.HI/c1-3-11(2)17-14(15)16-10-6-9-13(18)19-12-7-4-5-8-12;/h11-12H,3-10H2,1-2H3,(H3,15,16,17);1H. The summed E-state index contributed by atoms with van der Waals surface area (Å²) in [7, 11) is 0. The van der Waals surface area contributed by atoms with Crippen LogP contribution in [0.1, 0.15) is 58.8 Å². The van der Waals surface area contributed by atoms with E-state index in [9.17, 15) is 4.79 Å². The summed E-state index contributed by atoms with van der Waals surface area (Å²) < 4.78 is 5.37. The molecule has 1 saturated carbocycles. The number of carbonyl (C=O) groups excluding carboxylic acids is 1. The minimum Gasteiger partial charge on any atom is -0.462 e. The van der Waals surface area contributed by atoms with Gasteiger partial charge in [-0.1, -0.05) is 6.92 Å². The molecule has 0 aromatic rings. The maximum absolute atomic E-state index is 11.6. The number of ether oxygens (including phenoxy) is 1. The van der Waals surface area contributed by atoms with Crippen LogP contribution in [0.4, 0.5) is 0 Å². The highest BCUT2D eigenvalue weighted by Crippen LogP contribution is 2.21. The first kappa shape index (κ1) is 19.5. The van der Waals surface area contributed by atoms with Gasteiger partial charge in [0, 0.05) is 19.0 Å². The van der Waals surface area contributed by atoms with E-state index in [1.807, 2.05) is 0 Å². The topological polar surface area (TPSA) is 76.7 Å². The highest BCUT2D eigenvalue weighted by atomic mass is 127. The molecule has 0 aromatic carbocycles. The van der Waals surface area contributed by atoms with Gasteiger partial charge < -0.3 is 15.8 Å². The molecule has 3 N–H and O–H groups in total. The van der Waals surface area contributed by atoms with Crippen LogP contribution in [0.2, 0.25) is 0 Å². The molecular weight excluding hydrogens is 369 g/mol. The molecule has 20 heavy (non-hydrogen) atoms. The van der Waals surface area contributed by atoms with E-state index < -0.39 is 0 Å². The molecule has 0 spiro atoms. The Bertz CT molecular complexity index is 305. The fourth-order valence-electron chi connectivity index (χ4n) is 2.07. The van der Waals surface area contributed by atoms with Gasteiger partial charge >= 0.3 is 5.97 Å². The average Bonchev–Trinajstić information content (AvgIpc) is 2.87. The lowest BCUT2D eigenvalue weighted by Gasteiger charge is -2.12. The van der Waals surface area contributed by atoms with Gasteiger partial charge in [-0.25, -0.2) is 0 Å². The number of rotatable bonds is 7. The fraction of sp³-hybridized carbons (Fsp3) is 0.857. The summed E-state index contributed by atoms with van der Waals surface area (Å²) in [6, 6.07) is 0.330. The van der Waals surface area contributed by atoms with Crippen LogP contribution >= 0.6 is 24.0 Å². The van der Waals surface area contributed by atoms with Crippen molar-refractivity contribution in [2.75, 3.05) is 6.54 Å². The zero-order valence-electron chi connectivity index (χ0n) is 12.6. The summed E-state index contributed by atoms with van der Waals surface area (Å²) in [6.45, 7) is 4.71. The largest absolute Gasteiger partial charge is 0.462 e. The van der Waals surface area contributed by atoms with Crippen molar-refractivity contribution in [3.8, 4) is 0 Å². The first-order valence-corrected chi connectivity index (χ1v) is 7.37. The molecule has 1 aliphatic carbocycles. The Labute approximate surface area is 139 Å². The molecule has 6 heteroatoms. The van der Waals surface area contributed by atoms with Crippen LogP contribution in [0.5, 0.6) is 0 Å². The number of nitrogens with one attached hydrogen (secondary N) is 1. The highest BCUT2D eigenvalue weighted by Gasteiger charge is 2.18. The Morgan fingerprint density at radius 2 is 2.10 bits per heavy atom. The first-order chi connectivity index (χ1) is 9.11. The van der Waals surface area contributed by atoms with Crippen LogP contribution in [-0.4, -0.2) is 30.6 Å². The molecule has 1 atom stereocenters. The molecule has 1 fully saturated rings. The van der Waals surface area contributed by atoms with Crippen molar-refractivity contribution in [3.63, 3.8) is 0 Å². The van der Waals surface area contributed by atoms with Crippen LogP contribution < -0.4 is 11.1 Å². The van der Waals surface area contributed by atoms with E-state index in [-0.39, 0.29) is 36.0 Å². The molecule has 0 bridgehead atoms. The molecule has 118 valence electrons. The number of hydrogen-bond acceptors (Lipinski definition) is 3. The van der Waals surface area contributed by atoms with Crippen molar-refractivity contribution in [1.82, 2.24) is 5.32 Å². The van der Waals surface area contributed by atoms with Crippen molar-refractivity contribution >= 4 is 35.9 Å². The van der Waals surface area contributed by atoms with Crippen molar-refractivity contribution in [3.05, 3.63) is 0 Å². The molecule has 0 heterocycles. The quantitative estimate of drug-likeness (QED) is 0.228. The summed E-state index contributed by atoms with van der Waals surface area (Å²) in [5.41, 5.74) is 5.72. The van der Waals surface area contributed by atoms with Crippen molar-refractivity contribution in [1.29, 1.82) is 0 Å². The molecule has 1 aliphatic rings. The number of guanidine groups is 1. The third-order valence-electron chi connectivity index (χ3n) is 3.43. The molecule has 0 saturated heterocycles. The number of esters is 1. The number of halogens is 1. The molecule has 5 nitrogen and oxygen atoms in total. The lowest BCUT2D eigenvalue weighted by molar-refractivity contribution is -0.148. The second-order valence-electron chi connectivity index (χ2n) is 5.22. The van der Waals surface area contributed by atoms with E-state index in [2.05, 4.69) is 24.2 Å². The normalized spacial score (nSPS) is 17.4. The van der Waals surface area contributed by atoms with Gasteiger partial charge in [0.05, 0.1) is 0 Å². The molecule has 0 radical (unpaired) electrons. The van der Waals surface area contributed by atoms with Gasteiger partial charge in [-0.05, 0) is 45.4 Å². The van der Waals surface area contributed by atoms with Crippen molar-refractivity contribution in [2.45, 2.75) is 70.9 Å². The van der Waals surface area contributed by atoms with Gasteiger partial charge in [0.1, 0.15) is 6.10 Å². The highest BCUT2D eigenvalue weighted by molar-refractivity contribution is 14.0. The number of hydrogen-bond donors (Lipinski definition) is 2. The maximum atomic E-state index is 11.6. The summed E-state index contributed by atoms with van der Waals surface area (Å²) in [5.74, 6) is 0.356. The number of aliphatic imine (C=N–C) groups is 1. The predicted octanol–water partition coefficient (Wildman–Crippen LogP) is 2.57. The van der Waals surface area contributed by atoms with E-state index in [0.29, 0.717) is 31.4 Å². The number of nitrogens with zero attached hydrogens (tertiary/aromatic N) is 1. The lowest BCUT2D eigenvalue weighted by atomic mass is 10.3. The monoisotopic (exact) mass is 397 g/mol. The summed E-state index contributed by atoms with van der Waals surface area (Å²) >= 11 is 0. The van der Waals surface area contributed by atoms with Crippen molar-refractivity contribution in [2.24, 2.45) is 10.7 Å². The minimum absolute atomic E-state index is 0.